The van der Waals surface area contributed by atoms with Crippen molar-refractivity contribution >= 4 is 17.6 Å². The summed E-state index contributed by atoms with van der Waals surface area (Å²) in [4.78, 5) is 26.2. The van der Waals surface area contributed by atoms with E-state index in [0.29, 0.717) is 11.4 Å². The minimum atomic E-state index is -1.06. The third kappa shape index (κ3) is 4.09. The Balaban J connectivity index is 1.74. The summed E-state index contributed by atoms with van der Waals surface area (Å²) in [5.74, 6) is -2.53. The van der Waals surface area contributed by atoms with Crippen LogP contribution in [-0.2, 0) is 28.5 Å². The molecule has 3 aliphatic rings. The Bertz CT molecular complexity index is 1020. The number of fused-ring (bicyclic) bond motifs is 1. The zero-order valence-electron chi connectivity index (χ0n) is 18.3. The Morgan fingerprint density at radius 3 is 2.39 bits per heavy atom. The maximum Gasteiger partial charge on any atom is 0.337 e. The van der Waals surface area contributed by atoms with Gasteiger partial charge in [-0.1, -0.05) is 18.2 Å². The first kappa shape index (κ1) is 23.2. The molecule has 1 aromatic rings. The van der Waals surface area contributed by atoms with Gasteiger partial charge in [0.05, 0.1) is 43.1 Å². The number of ether oxygens (including phenoxy) is 4. The Labute approximate surface area is 189 Å². The van der Waals surface area contributed by atoms with Crippen molar-refractivity contribution in [3.05, 3.63) is 57.6 Å². The summed E-state index contributed by atoms with van der Waals surface area (Å²) >= 11 is 0. The number of para-hydroxylation sites is 1. The van der Waals surface area contributed by atoms with Crippen LogP contribution in [0.3, 0.4) is 0 Å². The van der Waals surface area contributed by atoms with Crippen molar-refractivity contribution in [2.24, 2.45) is 0 Å². The van der Waals surface area contributed by atoms with E-state index in [9.17, 15) is 25.1 Å². The van der Waals surface area contributed by atoms with Gasteiger partial charge in [0.15, 0.2) is 6.10 Å². The minimum absolute atomic E-state index is 0.0445. The molecule has 3 aliphatic heterocycles. The van der Waals surface area contributed by atoms with E-state index in [-0.39, 0.29) is 40.8 Å². The topological polar surface area (TPSA) is 150 Å². The molecule has 1 aromatic carbocycles. The highest BCUT2D eigenvalue weighted by molar-refractivity contribution is 6.00. The van der Waals surface area contributed by atoms with Gasteiger partial charge in [-0.05, 0) is 25.5 Å². The number of hydrogen-bond acceptors (Lipinski definition) is 11. The summed E-state index contributed by atoms with van der Waals surface area (Å²) in [7, 11) is 1.21. The number of dihydropyridines is 1. The third-order valence-corrected chi connectivity index (χ3v) is 6.08. The first-order chi connectivity index (χ1) is 15.7. The van der Waals surface area contributed by atoms with E-state index in [1.165, 1.54) is 19.2 Å². The molecule has 0 radical (unpaired) electrons. The largest absolute Gasteiger partial charge is 0.733 e. The Morgan fingerprint density at radius 1 is 1.09 bits per heavy atom. The second-order valence-electron chi connectivity index (χ2n) is 8.07. The molecule has 11 nitrogen and oxygen atoms in total. The average molecular weight is 461 g/mol. The molecule has 33 heavy (non-hydrogen) atoms. The van der Waals surface area contributed by atoms with Crippen molar-refractivity contribution in [1.82, 2.24) is 5.32 Å². The number of carbonyl (C=O) groups excluding carboxylic acids is 2. The van der Waals surface area contributed by atoms with Gasteiger partial charge in [-0.3, -0.25) is 5.21 Å². The summed E-state index contributed by atoms with van der Waals surface area (Å²) < 4.78 is 21.7. The fraction of sp³-hybridized carbons (Fsp3) is 0.455. The van der Waals surface area contributed by atoms with Gasteiger partial charge in [-0.25, -0.2) is 9.59 Å². The normalized spacial score (nSPS) is 29.0. The van der Waals surface area contributed by atoms with Crippen molar-refractivity contribution in [1.29, 1.82) is 0 Å². The van der Waals surface area contributed by atoms with Crippen molar-refractivity contribution in [2.45, 2.75) is 44.2 Å². The molecule has 0 aromatic heterocycles. The molecule has 1 unspecified atom stereocenters. The highest BCUT2D eigenvalue weighted by atomic mass is 16.8. The van der Waals surface area contributed by atoms with E-state index < -0.39 is 42.3 Å². The molecule has 3 N–H and O–H groups in total. The van der Waals surface area contributed by atoms with Gasteiger partial charge < -0.3 is 39.8 Å². The molecule has 2 fully saturated rings. The van der Waals surface area contributed by atoms with Crippen LogP contribution in [0.2, 0.25) is 0 Å². The maximum absolute atomic E-state index is 13.4. The van der Waals surface area contributed by atoms with Crippen molar-refractivity contribution in [3.63, 3.8) is 0 Å². The van der Waals surface area contributed by atoms with Crippen LogP contribution in [-0.4, -0.2) is 67.0 Å². The molecule has 0 aliphatic carbocycles. The summed E-state index contributed by atoms with van der Waals surface area (Å²) in [6, 6.07) is 6.07. The van der Waals surface area contributed by atoms with Crippen LogP contribution in [0.4, 0.5) is 5.69 Å². The van der Waals surface area contributed by atoms with E-state index in [1.54, 1.807) is 26.0 Å². The fourth-order valence-corrected chi connectivity index (χ4v) is 4.61. The molecule has 0 amide bonds. The van der Waals surface area contributed by atoms with E-state index >= 15 is 0 Å². The number of rotatable bonds is 5. The molecule has 4 rings (SSSR count). The number of aliphatic hydroxyl groups excluding tert-OH is 1. The molecule has 178 valence electrons. The van der Waals surface area contributed by atoms with Gasteiger partial charge in [0.1, 0.15) is 18.3 Å². The predicted molar refractivity (Wildman–Crippen MR) is 113 cm³/mol. The van der Waals surface area contributed by atoms with Gasteiger partial charge in [0, 0.05) is 11.4 Å². The van der Waals surface area contributed by atoms with Gasteiger partial charge in [-0.15, -0.1) is 0 Å². The van der Waals surface area contributed by atoms with Gasteiger partial charge in [0.2, 0.25) is 0 Å². The number of methoxy groups -OCH3 is 1. The van der Waals surface area contributed by atoms with Crippen molar-refractivity contribution < 1.29 is 38.9 Å². The maximum atomic E-state index is 13.4. The number of hydrogen-bond donors (Lipinski definition) is 3. The number of anilines is 1. The number of nitrogens with zero attached hydrogens (tertiary/aromatic N) is 1. The monoisotopic (exact) mass is 461 g/mol. The first-order valence-electron chi connectivity index (χ1n) is 10.4. The summed E-state index contributed by atoms with van der Waals surface area (Å²) in [5, 5.41) is 34.2. The molecular formula is C22H25N2O9-. The molecule has 0 saturated carbocycles. The Hall–Kier alpha value is -2.96. The lowest BCUT2D eigenvalue weighted by Gasteiger charge is -2.34. The average Bonchev–Trinajstić information content (AvgIpc) is 3.35. The van der Waals surface area contributed by atoms with Crippen LogP contribution in [0.5, 0.6) is 0 Å². The number of benzene rings is 1. The molecule has 3 heterocycles. The number of esters is 2. The second kappa shape index (κ2) is 9.12. The standard InChI is InChI=1S/C22H25N2O9/c1-10-16(21(26)30-3)18(12-6-4-5-7-13(12)24(28)29)17(11(2)23-10)22(27)33-15-9-32-19-14(25)8-31-20(15)19/h4-7,14-15,18-20,23,25,28H,8-9H2,1-3H3/q-1/t14-,15+,18?,19+,20+/m0/s1. The molecule has 0 bridgehead atoms. The van der Waals surface area contributed by atoms with E-state index in [0.717, 1.165) is 0 Å². The van der Waals surface area contributed by atoms with Gasteiger partial charge >= 0.3 is 11.9 Å². The molecular weight excluding hydrogens is 436 g/mol. The van der Waals surface area contributed by atoms with Crippen LogP contribution >= 0.6 is 0 Å². The lowest BCUT2D eigenvalue weighted by molar-refractivity contribution is -0.149. The molecule has 2 saturated heterocycles. The smallest absolute Gasteiger partial charge is 0.337 e. The van der Waals surface area contributed by atoms with Gasteiger partial charge in [0.25, 0.3) is 0 Å². The highest BCUT2D eigenvalue weighted by Crippen LogP contribution is 2.43. The van der Waals surface area contributed by atoms with E-state index in [2.05, 4.69) is 5.32 Å². The van der Waals surface area contributed by atoms with Crippen molar-refractivity contribution in [2.75, 3.05) is 25.6 Å². The minimum Gasteiger partial charge on any atom is -0.733 e. The number of aliphatic hydroxyl groups is 1. The van der Waals surface area contributed by atoms with Crippen molar-refractivity contribution in [3.8, 4) is 0 Å². The molecule has 11 heteroatoms. The lowest BCUT2D eigenvalue weighted by atomic mass is 9.79. The number of nitrogens with one attached hydrogen (secondary N) is 1. The molecule has 0 spiro atoms. The summed E-state index contributed by atoms with van der Waals surface area (Å²) in [6.45, 7) is 3.40. The number of carbonyl (C=O) groups is 2. The fourth-order valence-electron chi connectivity index (χ4n) is 4.61. The quantitative estimate of drug-likeness (QED) is 0.423. The van der Waals surface area contributed by atoms with E-state index in [4.69, 9.17) is 18.9 Å². The SMILES string of the molecule is COC(=O)C1=C(C)NC(C)=C(C(=O)O[C@@H]2CO[C@H]3[C@@H]2OC[C@@H]3O)C1c1ccccc1N([O-])O. The van der Waals surface area contributed by atoms with Crippen LogP contribution in [0.25, 0.3) is 0 Å². The van der Waals surface area contributed by atoms with E-state index in [1.807, 2.05) is 0 Å². The Morgan fingerprint density at radius 2 is 1.73 bits per heavy atom. The summed E-state index contributed by atoms with van der Waals surface area (Å²) in [5.41, 5.74) is 1.08. The van der Waals surface area contributed by atoms with Crippen LogP contribution in [0, 0.1) is 5.21 Å². The third-order valence-electron chi connectivity index (χ3n) is 6.08. The zero-order valence-corrected chi connectivity index (χ0v) is 18.3. The Kier molecular flexibility index (Phi) is 6.41. The zero-order chi connectivity index (χ0) is 23.9. The number of allylic oxidation sites excluding steroid dienone is 2. The first-order valence-corrected chi connectivity index (χ1v) is 10.4. The predicted octanol–water partition coefficient (Wildman–Crippen LogP) is 0.858. The van der Waals surface area contributed by atoms with Crippen LogP contribution in [0.15, 0.2) is 46.8 Å². The van der Waals surface area contributed by atoms with Gasteiger partial charge in [-0.2, -0.15) is 0 Å². The lowest BCUT2D eigenvalue weighted by Crippen LogP contribution is -2.37. The van der Waals surface area contributed by atoms with Crippen LogP contribution in [0.1, 0.15) is 25.3 Å². The highest BCUT2D eigenvalue weighted by Gasteiger charge is 2.50. The summed E-state index contributed by atoms with van der Waals surface area (Å²) in [6.07, 6.45) is -2.77. The molecule has 5 atom stereocenters. The van der Waals surface area contributed by atoms with Crippen LogP contribution < -0.4 is 10.5 Å². The second-order valence-corrected chi connectivity index (χ2v) is 8.07.